The first kappa shape index (κ1) is 12.8. The third-order valence-electron chi connectivity index (χ3n) is 1.71. The number of thioether (sulfide) groups is 1. The number of rotatable bonds is 4. The lowest BCUT2D eigenvalue weighted by Gasteiger charge is -2.06. The van der Waals surface area contributed by atoms with Gasteiger partial charge in [-0.05, 0) is 13.0 Å². The largest absolute Gasteiger partial charge is 0.465 e. The quantitative estimate of drug-likeness (QED) is 0.503. The van der Waals surface area contributed by atoms with Crippen molar-refractivity contribution in [3.8, 4) is 0 Å². The predicted octanol–water partition coefficient (Wildman–Crippen LogP) is 2.20. The molecule has 0 aliphatic carbocycles. The molecule has 1 aromatic rings. The van der Waals surface area contributed by atoms with Crippen LogP contribution in [-0.2, 0) is 9.53 Å². The topological polar surface area (TPSA) is 52.3 Å². The molecule has 0 radical (unpaired) electrons. The molecule has 0 heterocycles. The highest BCUT2D eigenvalue weighted by Gasteiger charge is 2.11. The van der Waals surface area contributed by atoms with Crippen molar-refractivity contribution in [2.45, 2.75) is 11.8 Å². The van der Waals surface area contributed by atoms with Crippen molar-refractivity contribution in [3.05, 3.63) is 23.8 Å². The maximum Gasteiger partial charge on any atom is 0.316 e. The minimum Gasteiger partial charge on any atom is -0.465 e. The van der Waals surface area contributed by atoms with Gasteiger partial charge in [0, 0.05) is 11.0 Å². The van der Waals surface area contributed by atoms with Crippen LogP contribution < -0.4 is 5.73 Å². The number of halogens is 2. The van der Waals surface area contributed by atoms with E-state index in [9.17, 15) is 13.6 Å². The summed E-state index contributed by atoms with van der Waals surface area (Å²) >= 11 is 0.944. The zero-order chi connectivity index (χ0) is 12.1. The van der Waals surface area contributed by atoms with Crippen molar-refractivity contribution in [3.63, 3.8) is 0 Å². The highest BCUT2D eigenvalue weighted by atomic mass is 32.2. The average molecular weight is 247 g/mol. The zero-order valence-electron chi connectivity index (χ0n) is 8.63. The summed E-state index contributed by atoms with van der Waals surface area (Å²) in [5.41, 5.74) is 5.24. The summed E-state index contributed by atoms with van der Waals surface area (Å²) in [6, 6.07) is 1.78. The van der Waals surface area contributed by atoms with Gasteiger partial charge in [-0.25, -0.2) is 8.78 Å². The molecule has 88 valence electrons. The van der Waals surface area contributed by atoms with Crippen LogP contribution in [0.2, 0.25) is 0 Å². The summed E-state index contributed by atoms with van der Waals surface area (Å²) < 4.78 is 30.5. The minimum atomic E-state index is -0.827. The summed E-state index contributed by atoms with van der Waals surface area (Å²) in [6.07, 6.45) is 0. The first-order chi connectivity index (χ1) is 7.54. The number of hydrogen-bond donors (Lipinski definition) is 1. The van der Waals surface area contributed by atoms with Crippen LogP contribution in [0.3, 0.4) is 0 Å². The molecule has 0 saturated carbocycles. The average Bonchev–Trinajstić information content (AvgIpc) is 2.21. The van der Waals surface area contributed by atoms with Gasteiger partial charge in [0.25, 0.3) is 0 Å². The van der Waals surface area contributed by atoms with Gasteiger partial charge in [-0.3, -0.25) is 4.79 Å². The Balaban J connectivity index is 2.70. The SMILES string of the molecule is CCOC(=O)CSc1cc(F)cc(F)c1N. The van der Waals surface area contributed by atoms with Gasteiger partial charge in [-0.1, -0.05) is 0 Å². The van der Waals surface area contributed by atoms with E-state index in [2.05, 4.69) is 4.74 Å². The van der Waals surface area contributed by atoms with Crippen molar-refractivity contribution in [1.82, 2.24) is 0 Å². The Morgan fingerprint density at radius 1 is 1.50 bits per heavy atom. The molecule has 0 fully saturated rings. The first-order valence-electron chi connectivity index (χ1n) is 4.57. The molecular weight excluding hydrogens is 236 g/mol. The van der Waals surface area contributed by atoms with E-state index in [1.807, 2.05) is 0 Å². The highest BCUT2D eigenvalue weighted by Crippen LogP contribution is 2.28. The molecular formula is C10H11F2NO2S. The van der Waals surface area contributed by atoms with Crippen molar-refractivity contribution in [2.24, 2.45) is 0 Å². The highest BCUT2D eigenvalue weighted by molar-refractivity contribution is 8.00. The molecule has 1 aromatic carbocycles. The van der Waals surface area contributed by atoms with Crippen LogP contribution in [-0.4, -0.2) is 18.3 Å². The van der Waals surface area contributed by atoms with Crippen LogP contribution >= 0.6 is 11.8 Å². The van der Waals surface area contributed by atoms with Crippen molar-refractivity contribution < 1.29 is 18.3 Å². The lowest BCUT2D eigenvalue weighted by molar-refractivity contribution is -0.139. The first-order valence-corrected chi connectivity index (χ1v) is 5.56. The number of ether oxygens (including phenoxy) is 1. The smallest absolute Gasteiger partial charge is 0.316 e. The predicted molar refractivity (Wildman–Crippen MR) is 58.1 cm³/mol. The maximum absolute atomic E-state index is 13.0. The maximum atomic E-state index is 13.0. The van der Waals surface area contributed by atoms with E-state index in [0.29, 0.717) is 6.07 Å². The normalized spacial score (nSPS) is 10.2. The van der Waals surface area contributed by atoms with Gasteiger partial charge < -0.3 is 10.5 Å². The molecule has 2 N–H and O–H groups in total. The van der Waals surface area contributed by atoms with Crippen LogP contribution in [0.15, 0.2) is 17.0 Å². The lowest BCUT2D eigenvalue weighted by atomic mass is 10.3. The van der Waals surface area contributed by atoms with Gasteiger partial charge in [0.2, 0.25) is 0 Å². The van der Waals surface area contributed by atoms with Crippen molar-refractivity contribution >= 4 is 23.4 Å². The fourth-order valence-corrected chi connectivity index (χ4v) is 1.83. The van der Waals surface area contributed by atoms with Crippen LogP contribution in [0.5, 0.6) is 0 Å². The van der Waals surface area contributed by atoms with Crippen molar-refractivity contribution in [2.75, 3.05) is 18.1 Å². The Morgan fingerprint density at radius 2 is 2.19 bits per heavy atom. The summed E-state index contributed by atoms with van der Waals surface area (Å²) in [4.78, 5) is 11.2. The molecule has 0 bridgehead atoms. The van der Waals surface area contributed by atoms with E-state index >= 15 is 0 Å². The molecule has 0 unspecified atom stereocenters. The Kier molecular flexibility index (Phi) is 4.54. The van der Waals surface area contributed by atoms with E-state index in [1.165, 1.54) is 0 Å². The number of benzene rings is 1. The Hall–Kier alpha value is -1.30. The fraction of sp³-hybridized carbons (Fsp3) is 0.300. The molecule has 16 heavy (non-hydrogen) atoms. The van der Waals surface area contributed by atoms with E-state index in [4.69, 9.17) is 5.73 Å². The third-order valence-corrected chi connectivity index (χ3v) is 2.74. The summed E-state index contributed by atoms with van der Waals surface area (Å²) in [5.74, 6) is -2.03. The minimum absolute atomic E-state index is 0.0269. The van der Waals surface area contributed by atoms with E-state index in [-0.39, 0.29) is 22.9 Å². The van der Waals surface area contributed by atoms with E-state index < -0.39 is 17.6 Å². The number of carbonyl (C=O) groups excluding carboxylic acids is 1. The summed E-state index contributed by atoms with van der Waals surface area (Å²) in [5, 5.41) is 0. The third kappa shape index (κ3) is 3.37. The molecule has 0 aromatic heterocycles. The molecule has 0 aliphatic heterocycles. The van der Waals surface area contributed by atoms with Gasteiger partial charge in [0.15, 0.2) is 0 Å². The fourth-order valence-electron chi connectivity index (χ4n) is 1.02. The van der Waals surface area contributed by atoms with Crippen LogP contribution in [0.4, 0.5) is 14.5 Å². The van der Waals surface area contributed by atoms with Crippen LogP contribution in [0, 0.1) is 11.6 Å². The van der Waals surface area contributed by atoms with Gasteiger partial charge in [0.05, 0.1) is 18.0 Å². The summed E-state index contributed by atoms with van der Waals surface area (Å²) in [6.45, 7) is 1.95. The second-order valence-corrected chi connectivity index (χ2v) is 3.91. The monoisotopic (exact) mass is 247 g/mol. The Bertz CT molecular complexity index is 399. The molecule has 0 amide bonds. The lowest BCUT2D eigenvalue weighted by Crippen LogP contribution is -2.07. The van der Waals surface area contributed by atoms with Crippen molar-refractivity contribution in [1.29, 1.82) is 0 Å². The Labute approximate surface area is 96.0 Å². The van der Waals surface area contributed by atoms with Gasteiger partial charge in [0.1, 0.15) is 11.6 Å². The number of esters is 1. The number of anilines is 1. The number of nitrogen functional groups attached to an aromatic ring is 1. The number of carbonyl (C=O) groups is 1. The van der Waals surface area contributed by atoms with E-state index in [0.717, 1.165) is 17.8 Å². The standard InChI is InChI=1S/C10H11F2NO2S/c1-2-15-9(14)5-16-8-4-6(11)3-7(12)10(8)13/h3-4H,2,5,13H2,1H3. The second-order valence-electron chi connectivity index (χ2n) is 2.89. The van der Waals surface area contributed by atoms with Gasteiger partial charge >= 0.3 is 5.97 Å². The number of nitrogens with two attached hydrogens (primary N) is 1. The summed E-state index contributed by atoms with van der Waals surface area (Å²) in [7, 11) is 0. The van der Waals surface area contributed by atoms with Crippen LogP contribution in [0.1, 0.15) is 6.92 Å². The van der Waals surface area contributed by atoms with E-state index in [1.54, 1.807) is 6.92 Å². The van der Waals surface area contributed by atoms with Gasteiger partial charge in [-0.15, -0.1) is 11.8 Å². The second kappa shape index (κ2) is 5.69. The number of hydrogen-bond acceptors (Lipinski definition) is 4. The molecule has 0 saturated heterocycles. The Morgan fingerprint density at radius 3 is 2.81 bits per heavy atom. The molecule has 0 spiro atoms. The van der Waals surface area contributed by atoms with Gasteiger partial charge in [-0.2, -0.15) is 0 Å². The zero-order valence-corrected chi connectivity index (χ0v) is 9.44. The molecule has 3 nitrogen and oxygen atoms in total. The molecule has 0 atom stereocenters. The molecule has 6 heteroatoms. The van der Waals surface area contributed by atoms with Crippen LogP contribution in [0.25, 0.3) is 0 Å². The molecule has 1 rings (SSSR count). The molecule has 0 aliphatic rings.